The number of amidine groups is 1. The fraction of sp³-hybridized carbons (Fsp3) is 0.0909. The third kappa shape index (κ3) is 5.53. The summed E-state index contributed by atoms with van der Waals surface area (Å²) in [7, 11) is 0. The first-order valence-corrected chi connectivity index (χ1v) is 9.50. The zero-order chi connectivity index (χ0) is 19.1. The summed E-state index contributed by atoms with van der Waals surface area (Å²) < 4.78 is 13.5. The van der Waals surface area contributed by atoms with Crippen molar-refractivity contribution in [2.75, 3.05) is 0 Å². The third-order valence-corrected chi connectivity index (χ3v) is 4.83. The molecule has 0 fully saturated rings. The van der Waals surface area contributed by atoms with Gasteiger partial charge >= 0.3 is 0 Å². The minimum atomic E-state index is -0.200. The van der Waals surface area contributed by atoms with E-state index in [9.17, 15) is 4.39 Å². The molecule has 0 heterocycles. The molecule has 3 aromatic carbocycles. The summed E-state index contributed by atoms with van der Waals surface area (Å²) in [6.07, 6.45) is 1.66. The van der Waals surface area contributed by atoms with Crippen molar-refractivity contribution in [3.05, 3.63) is 95.3 Å². The van der Waals surface area contributed by atoms with Crippen molar-refractivity contribution in [1.29, 1.82) is 0 Å². The molecule has 0 radical (unpaired) electrons. The van der Waals surface area contributed by atoms with E-state index < -0.39 is 0 Å². The zero-order valence-electron chi connectivity index (χ0n) is 15.0. The van der Waals surface area contributed by atoms with Crippen molar-refractivity contribution in [3.63, 3.8) is 0 Å². The number of nitrogens with two attached hydrogens (primary N) is 1. The largest absolute Gasteiger partial charge is 0.377 e. The Bertz CT molecular complexity index is 968. The lowest BCUT2D eigenvalue weighted by atomic mass is 10.0. The van der Waals surface area contributed by atoms with E-state index in [1.54, 1.807) is 19.2 Å². The van der Waals surface area contributed by atoms with Gasteiger partial charge in [0.1, 0.15) is 5.82 Å². The monoisotopic (exact) mass is 377 g/mol. The molecule has 3 nitrogen and oxygen atoms in total. The molecule has 0 aliphatic heterocycles. The highest BCUT2D eigenvalue weighted by molar-refractivity contribution is 8.13. The Morgan fingerprint density at radius 1 is 1.00 bits per heavy atom. The van der Waals surface area contributed by atoms with Crippen LogP contribution in [0.25, 0.3) is 11.1 Å². The first-order chi connectivity index (χ1) is 13.1. The maximum atomic E-state index is 13.5. The van der Waals surface area contributed by atoms with E-state index in [4.69, 9.17) is 5.73 Å². The van der Waals surface area contributed by atoms with E-state index >= 15 is 0 Å². The van der Waals surface area contributed by atoms with Crippen molar-refractivity contribution in [3.8, 4) is 11.1 Å². The molecule has 5 heteroatoms. The number of rotatable bonds is 5. The lowest BCUT2D eigenvalue weighted by molar-refractivity contribution is 0.619. The van der Waals surface area contributed by atoms with Crippen LogP contribution in [0.15, 0.2) is 83.0 Å². The van der Waals surface area contributed by atoms with E-state index in [1.807, 2.05) is 60.7 Å². The van der Waals surface area contributed by atoms with Crippen LogP contribution in [0.1, 0.15) is 16.7 Å². The molecular weight excluding hydrogens is 357 g/mol. The normalized spacial score (nSPS) is 11.9. The average Bonchev–Trinajstić information content (AvgIpc) is 2.69. The highest BCUT2D eigenvalue weighted by Gasteiger charge is 2.02. The second-order valence-corrected chi connectivity index (χ2v) is 7.04. The second-order valence-electron chi connectivity index (χ2n) is 6.05. The van der Waals surface area contributed by atoms with Crippen LogP contribution in [0.2, 0.25) is 0 Å². The van der Waals surface area contributed by atoms with Crippen LogP contribution in [0, 0.1) is 12.7 Å². The van der Waals surface area contributed by atoms with Gasteiger partial charge in [0.05, 0.1) is 6.21 Å². The van der Waals surface area contributed by atoms with E-state index in [0.29, 0.717) is 10.7 Å². The van der Waals surface area contributed by atoms with E-state index in [-0.39, 0.29) is 5.82 Å². The first-order valence-electron chi connectivity index (χ1n) is 8.51. The van der Waals surface area contributed by atoms with Gasteiger partial charge in [-0.3, -0.25) is 0 Å². The minimum absolute atomic E-state index is 0.200. The molecule has 3 aromatic rings. The highest BCUT2D eigenvalue weighted by atomic mass is 32.2. The summed E-state index contributed by atoms with van der Waals surface area (Å²) >= 11 is 1.45. The number of halogens is 1. The van der Waals surface area contributed by atoms with Gasteiger partial charge in [0.2, 0.25) is 0 Å². The Morgan fingerprint density at radius 3 is 2.56 bits per heavy atom. The fourth-order valence-corrected chi connectivity index (χ4v) is 3.15. The quantitative estimate of drug-likeness (QED) is 0.368. The van der Waals surface area contributed by atoms with Crippen molar-refractivity contribution >= 4 is 23.1 Å². The summed E-state index contributed by atoms with van der Waals surface area (Å²) in [5, 5.41) is 8.53. The van der Waals surface area contributed by atoms with Gasteiger partial charge < -0.3 is 5.73 Å². The Balaban J connectivity index is 1.65. The van der Waals surface area contributed by atoms with E-state index in [2.05, 4.69) is 10.2 Å². The zero-order valence-corrected chi connectivity index (χ0v) is 15.8. The summed E-state index contributed by atoms with van der Waals surface area (Å²) in [5.41, 5.74) is 10.6. The summed E-state index contributed by atoms with van der Waals surface area (Å²) in [4.78, 5) is 0. The van der Waals surface area contributed by atoms with Crippen molar-refractivity contribution in [2.24, 2.45) is 15.9 Å². The van der Waals surface area contributed by atoms with Crippen LogP contribution in [0.3, 0.4) is 0 Å². The molecule has 0 aromatic heterocycles. The van der Waals surface area contributed by atoms with Crippen LogP contribution in [-0.4, -0.2) is 11.4 Å². The van der Waals surface area contributed by atoms with Gasteiger partial charge in [-0.15, -0.1) is 5.10 Å². The van der Waals surface area contributed by atoms with E-state index in [0.717, 1.165) is 22.4 Å². The second kappa shape index (κ2) is 9.14. The predicted octanol–water partition coefficient (Wildman–Crippen LogP) is 5.38. The molecular formula is C22H20FN3S. The molecule has 0 saturated carbocycles. The molecule has 0 atom stereocenters. The van der Waals surface area contributed by atoms with Gasteiger partial charge in [-0.1, -0.05) is 66.4 Å². The molecule has 27 heavy (non-hydrogen) atoms. The number of hydrogen-bond donors (Lipinski definition) is 1. The average molecular weight is 377 g/mol. The molecule has 0 bridgehead atoms. The van der Waals surface area contributed by atoms with Crippen molar-refractivity contribution in [1.82, 2.24) is 0 Å². The molecule has 3 rings (SSSR count). The van der Waals surface area contributed by atoms with Gasteiger partial charge in [-0.05, 0) is 52.9 Å². The topological polar surface area (TPSA) is 50.7 Å². The Kier molecular flexibility index (Phi) is 6.39. The smallest absolute Gasteiger partial charge is 0.180 e. The van der Waals surface area contributed by atoms with Gasteiger partial charge in [0.25, 0.3) is 0 Å². The SMILES string of the molecule is Cc1cc(-c2cccc(C=NN=C(N)SCc3ccccc3)c2)ccc1F. The van der Waals surface area contributed by atoms with Crippen LogP contribution in [0.4, 0.5) is 4.39 Å². The van der Waals surface area contributed by atoms with Crippen molar-refractivity contribution < 1.29 is 4.39 Å². The number of nitrogens with zero attached hydrogens (tertiary/aromatic N) is 2. The van der Waals surface area contributed by atoms with Gasteiger partial charge in [0.15, 0.2) is 5.17 Å². The number of aryl methyl sites for hydroxylation is 1. The van der Waals surface area contributed by atoms with Crippen LogP contribution < -0.4 is 5.73 Å². The highest BCUT2D eigenvalue weighted by Crippen LogP contribution is 2.22. The number of benzene rings is 3. The minimum Gasteiger partial charge on any atom is -0.377 e. The Labute approximate surface area is 162 Å². The molecule has 0 unspecified atom stereocenters. The lowest BCUT2D eigenvalue weighted by Crippen LogP contribution is -2.05. The Hall–Kier alpha value is -2.92. The van der Waals surface area contributed by atoms with Gasteiger partial charge in [0, 0.05) is 5.75 Å². The van der Waals surface area contributed by atoms with Gasteiger partial charge in [-0.2, -0.15) is 5.10 Å². The Morgan fingerprint density at radius 2 is 1.78 bits per heavy atom. The molecule has 0 spiro atoms. The van der Waals surface area contributed by atoms with Crippen LogP contribution in [0.5, 0.6) is 0 Å². The lowest BCUT2D eigenvalue weighted by Gasteiger charge is -2.05. The molecule has 0 aliphatic carbocycles. The molecule has 136 valence electrons. The maximum Gasteiger partial charge on any atom is 0.180 e. The van der Waals surface area contributed by atoms with Crippen LogP contribution in [-0.2, 0) is 5.75 Å². The molecule has 0 saturated heterocycles. The summed E-state index contributed by atoms with van der Waals surface area (Å²) in [6, 6.07) is 23.0. The van der Waals surface area contributed by atoms with E-state index in [1.165, 1.54) is 23.4 Å². The molecule has 0 amide bonds. The standard InChI is InChI=1S/C22H20FN3S/c1-16-12-20(10-11-21(16)23)19-9-5-8-18(13-19)14-25-26-22(24)27-15-17-6-3-2-4-7-17/h2-14H,15H2,1H3,(H2,24,26). The maximum absolute atomic E-state index is 13.5. The molecule has 2 N–H and O–H groups in total. The summed E-state index contributed by atoms with van der Waals surface area (Å²) in [5.74, 6) is 0.555. The number of thioether (sulfide) groups is 1. The van der Waals surface area contributed by atoms with Gasteiger partial charge in [-0.25, -0.2) is 4.39 Å². The summed E-state index contributed by atoms with van der Waals surface area (Å²) in [6.45, 7) is 1.76. The fourth-order valence-electron chi connectivity index (χ4n) is 2.54. The number of hydrogen-bond acceptors (Lipinski definition) is 3. The predicted molar refractivity (Wildman–Crippen MR) is 114 cm³/mol. The van der Waals surface area contributed by atoms with Crippen LogP contribution >= 0.6 is 11.8 Å². The molecule has 0 aliphatic rings. The third-order valence-electron chi connectivity index (χ3n) is 3.97. The first kappa shape index (κ1) is 18.9. The van der Waals surface area contributed by atoms with Crippen molar-refractivity contribution in [2.45, 2.75) is 12.7 Å².